The van der Waals surface area contributed by atoms with Crippen LogP contribution in [0.2, 0.25) is 0 Å². The summed E-state index contributed by atoms with van der Waals surface area (Å²) >= 11 is 0. The molecule has 1 aromatic heterocycles. The zero-order valence-corrected chi connectivity index (χ0v) is 8.85. The van der Waals surface area contributed by atoms with Crippen molar-refractivity contribution in [3.63, 3.8) is 0 Å². The maximum absolute atomic E-state index is 9.05. The molecule has 1 heterocycles. The summed E-state index contributed by atoms with van der Waals surface area (Å²) in [5.41, 5.74) is 0.359. The molecule has 0 aromatic carbocycles. The summed E-state index contributed by atoms with van der Waals surface area (Å²) in [5.74, 6) is 0. The molecule has 0 saturated carbocycles. The lowest BCUT2D eigenvalue weighted by Crippen LogP contribution is -2.37. The molecule has 5 nitrogen and oxygen atoms in total. The van der Waals surface area contributed by atoms with E-state index in [1.807, 2.05) is 19.1 Å². The van der Waals surface area contributed by atoms with Crippen molar-refractivity contribution >= 4 is 0 Å². The molecule has 0 radical (unpaired) electrons. The van der Waals surface area contributed by atoms with E-state index in [0.29, 0.717) is 13.1 Å². The molecular formula is C10H17N3O2. The fourth-order valence-corrected chi connectivity index (χ4v) is 1.08. The van der Waals surface area contributed by atoms with Crippen LogP contribution < -0.4 is 5.32 Å². The minimum absolute atomic E-state index is 0.0447. The molecule has 0 fully saturated rings. The van der Waals surface area contributed by atoms with Crippen molar-refractivity contribution in [3.8, 4) is 0 Å². The van der Waals surface area contributed by atoms with E-state index in [-0.39, 0.29) is 13.2 Å². The van der Waals surface area contributed by atoms with E-state index in [1.165, 1.54) is 0 Å². The fourth-order valence-electron chi connectivity index (χ4n) is 1.08. The lowest BCUT2D eigenvalue weighted by atomic mass is 9.93. The quantitative estimate of drug-likeness (QED) is 0.594. The summed E-state index contributed by atoms with van der Waals surface area (Å²) in [5, 5.41) is 28.9. The van der Waals surface area contributed by atoms with Gasteiger partial charge in [0.2, 0.25) is 0 Å². The van der Waals surface area contributed by atoms with Crippen LogP contribution >= 0.6 is 0 Å². The maximum Gasteiger partial charge on any atom is 0.0768 e. The van der Waals surface area contributed by atoms with Crippen LogP contribution in [0, 0.1) is 5.41 Å². The van der Waals surface area contributed by atoms with Gasteiger partial charge in [-0.05, 0) is 12.1 Å². The molecular weight excluding hydrogens is 194 g/mol. The Morgan fingerprint density at radius 1 is 1.40 bits per heavy atom. The first-order valence-corrected chi connectivity index (χ1v) is 4.89. The third-order valence-electron chi connectivity index (χ3n) is 2.25. The fraction of sp³-hybridized carbons (Fsp3) is 0.600. The number of nitrogens with zero attached hydrogens (tertiary/aromatic N) is 2. The normalized spacial score (nSPS) is 11.7. The molecule has 0 spiro atoms. The van der Waals surface area contributed by atoms with Crippen molar-refractivity contribution in [3.05, 3.63) is 24.0 Å². The number of aliphatic hydroxyl groups is 2. The average Bonchev–Trinajstić information content (AvgIpc) is 2.30. The van der Waals surface area contributed by atoms with Gasteiger partial charge in [0.15, 0.2) is 0 Å². The molecule has 5 heteroatoms. The van der Waals surface area contributed by atoms with Crippen LogP contribution in [0.4, 0.5) is 0 Å². The van der Waals surface area contributed by atoms with E-state index in [9.17, 15) is 0 Å². The van der Waals surface area contributed by atoms with Gasteiger partial charge in [-0.15, -0.1) is 0 Å². The molecule has 3 N–H and O–H groups in total. The summed E-state index contributed by atoms with van der Waals surface area (Å²) in [6.45, 7) is 2.85. The van der Waals surface area contributed by atoms with Crippen molar-refractivity contribution in [2.45, 2.75) is 13.5 Å². The highest BCUT2D eigenvalue weighted by Crippen LogP contribution is 2.12. The Balaban J connectivity index is 2.33. The molecule has 0 amide bonds. The van der Waals surface area contributed by atoms with Gasteiger partial charge in [-0.25, -0.2) is 0 Å². The van der Waals surface area contributed by atoms with Crippen molar-refractivity contribution in [1.82, 2.24) is 15.5 Å². The molecule has 84 valence electrons. The zero-order valence-electron chi connectivity index (χ0n) is 8.85. The van der Waals surface area contributed by atoms with Gasteiger partial charge >= 0.3 is 0 Å². The minimum atomic E-state index is -0.484. The number of rotatable bonds is 6. The zero-order chi connectivity index (χ0) is 11.1. The Labute approximate surface area is 89.2 Å². The lowest BCUT2D eigenvalue weighted by Gasteiger charge is -2.24. The molecule has 1 rings (SSSR count). The van der Waals surface area contributed by atoms with E-state index in [4.69, 9.17) is 10.2 Å². The van der Waals surface area contributed by atoms with E-state index in [0.717, 1.165) is 5.69 Å². The van der Waals surface area contributed by atoms with E-state index >= 15 is 0 Å². The Morgan fingerprint density at radius 3 is 2.67 bits per heavy atom. The molecule has 0 bridgehead atoms. The molecule has 0 unspecified atom stereocenters. The minimum Gasteiger partial charge on any atom is -0.396 e. The van der Waals surface area contributed by atoms with Crippen LogP contribution in [0.1, 0.15) is 12.6 Å². The first kappa shape index (κ1) is 12.0. The highest BCUT2D eigenvalue weighted by atomic mass is 16.3. The lowest BCUT2D eigenvalue weighted by molar-refractivity contribution is 0.0694. The smallest absolute Gasteiger partial charge is 0.0768 e. The van der Waals surface area contributed by atoms with E-state index < -0.39 is 5.41 Å². The molecule has 15 heavy (non-hydrogen) atoms. The van der Waals surface area contributed by atoms with E-state index in [1.54, 1.807) is 6.20 Å². The molecule has 1 aromatic rings. The highest BCUT2D eigenvalue weighted by molar-refractivity contribution is 4.98. The molecule has 0 atom stereocenters. The average molecular weight is 211 g/mol. The number of hydrogen-bond donors (Lipinski definition) is 3. The number of nitrogens with one attached hydrogen (secondary N) is 1. The van der Waals surface area contributed by atoms with E-state index in [2.05, 4.69) is 15.5 Å². The summed E-state index contributed by atoms with van der Waals surface area (Å²) < 4.78 is 0. The van der Waals surface area contributed by atoms with Crippen molar-refractivity contribution in [2.75, 3.05) is 19.8 Å². The van der Waals surface area contributed by atoms with Crippen LogP contribution in [0.15, 0.2) is 18.3 Å². The summed E-state index contributed by atoms with van der Waals surface area (Å²) in [7, 11) is 0. The van der Waals surface area contributed by atoms with Gasteiger partial charge in [0.1, 0.15) is 0 Å². The topological polar surface area (TPSA) is 78.3 Å². The Hall–Kier alpha value is -1.04. The second-order valence-electron chi connectivity index (χ2n) is 3.95. The molecule has 0 aliphatic carbocycles. The van der Waals surface area contributed by atoms with Crippen LogP contribution in [-0.2, 0) is 6.54 Å². The molecule has 0 aliphatic heterocycles. The number of aromatic nitrogens is 2. The van der Waals surface area contributed by atoms with Gasteiger partial charge in [0, 0.05) is 24.7 Å². The third-order valence-corrected chi connectivity index (χ3v) is 2.25. The summed E-state index contributed by atoms with van der Waals surface area (Å²) in [6.07, 6.45) is 1.62. The molecule has 0 saturated heterocycles. The van der Waals surface area contributed by atoms with Crippen LogP contribution in [0.5, 0.6) is 0 Å². The van der Waals surface area contributed by atoms with Crippen LogP contribution in [0.25, 0.3) is 0 Å². The van der Waals surface area contributed by atoms with Gasteiger partial charge in [-0.1, -0.05) is 6.92 Å². The summed E-state index contributed by atoms with van der Waals surface area (Å²) in [6, 6.07) is 3.69. The predicted octanol–water partition coefficient (Wildman–Crippen LogP) is -0.443. The monoisotopic (exact) mass is 211 g/mol. The van der Waals surface area contributed by atoms with Gasteiger partial charge in [-0.3, -0.25) is 0 Å². The van der Waals surface area contributed by atoms with Gasteiger partial charge in [0.05, 0.1) is 18.9 Å². The highest BCUT2D eigenvalue weighted by Gasteiger charge is 2.21. The van der Waals surface area contributed by atoms with Crippen LogP contribution in [-0.4, -0.2) is 40.2 Å². The predicted molar refractivity (Wildman–Crippen MR) is 56.0 cm³/mol. The maximum atomic E-state index is 9.05. The first-order chi connectivity index (χ1) is 7.20. The van der Waals surface area contributed by atoms with Gasteiger partial charge in [0.25, 0.3) is 0 Å². The van der Waals surface area contributed by atoms with Gasteiger partial charge < -0.3 is 15.5 Å². The van der Waals surface area contributed by atoms with Gasteiger partial charge in [-0.2, -0.15) is 10.2 Å². The summed E-state index contributed by atoms with van der Waals surface area (Å²) in [4.78, 5) is 0. The Morgan fingerprint density at radius 2 is 2.13 bits per heavy atom. The SMILES string of the molecule is CC(CO)(CO)CNCc1cccnn1. The second kappa shape index (κ2) is 5.75. The second-order valence-corrected chi connectivity index (χ2v) is 3.95. The first-order valence-electron chi connectivity index (χ1n) is 4.89. The molecule has 0 aliphatic rings. The van der Waals surface area contributed by atoms with Crippen molar-refractivity contribution < 1.29 is 10.2 Å². The van der Waals surface area contributed by atoms with Crippen molar-refractivity contribution in [2.24, 2.45) is 5.41 Å². The largest absolute Gasteiger partial charge is 0.396 e. The third kappa shape index (κ3) is 3.91. The standard InChI is InChI=1S/C10H17N3O2/c1-10(7-14,8-15)6-11-5-9-3-2-4-12-13-9/h2-4,11,14-15H,5-8H2,1H3. The number of aliphatic hydroxyl groups excluding tert-OH is 2. The Bertz CT molecular complexity index is 275. The van der Waals surface area contributed by atoms with Crippen LogP contribution in [0.3, 0.4) is 0 Å². The Kier molecular flexibility index (Phi) is 4.61. The number of hydrogen-bond acceptors (Lipinski definition) is 5. The van der Waals surface area contributed by atoms with Crippen molar-refractivity contribution in [1.29, 1.82) is 0 Å².